The molecule has 0 aliphatic rings. The highest BCUT2D eigenvalue weighted by atomic mass is 127. The van der Waals surface area contributed by atoms with E-state index in [0.29, 0.717) is 23.7 Å². The van der Waals surface area contributed by atoms with Crippen molar-refractivity contribution in [3.05, 3.63) is 50.4 Å². The van der Waals surface area contributed by atoms with Gasteiger partial charge in [-0.3, -0.25) is 14.9 Å². The minimum atomic E-state index is -0.473. The average Bonchev–Trinajstić information content (AvgIpc) is 2.91. The number of nitriles is 1. The van der Waals surface area contributed by atoms with Crippen LogP contribution >= 0.6 is 22.6 Å². The Morgan fingerprint density at radius 1 is 1.35 bits per heavy atom. The van der Waals surface area contributed by atoms with Crippen molar-refractivity contribution in [3.8, 4) is 17.6 Å². The maximum atomic E-state index is 12.5. The van der Waals surface area contributed by atoms with E-state index < -0.39 is 5.91 Å². The third-order valence-corrected chi connectivity index (χ3v) is 4.50. The maximum Gasteiger partial charge on any atom is 0.280 e. The van der Waals surface area contributed by atoms with Crippen molar-refractivity contribution in [2.45, 2.75) is 20.8 Å². The summed E-state index contributed by atoms with van der Waals surface area (Å²) in [7, 11) is 1.57. The van der Waals surface area contributed by atoms with E-state index in [-0.39, 0.29) is 5.57 Å². The highest BCUT2D eigenvalue weighted by Gasteiger charge is 2.14. The van der Waals surface area contributed by atoms with Gasteiger partial charge < -0.3 is 9.47 Å². The number of hydrogen-bond donors (Lipinski definition) is 1. The van der Waals surface area contributed by atoms with Crippen LogP contribution in [0.5, 0.6) is 11.5 Å². The number of aryl methyl sites for hydroxylation is 2. The zero-order valence-corrected chi connectivity index (χ0v) is 17.2. The Morgan fingerprint density at radius 3 is 2.54 bits per heavy atom. The number of carbonyl (C=O) groups is 1. The molecule has 26 heavy (non-hydrogen) atoms. The molecule has 1 aromatic heterocycles. The molecule has 2 rings (SSSR count). The lowest BCUT2D eigenvalue weighted by Crippen LogP contribution is -2.25. The van der Waals surface area contributed by atoms with Gasteiger partial charge in [0, 0.05) is 11.4 Å². The Hall–Kier alpha value is -2.47. The van der Waals surface area contributed by atoms with Crippen LogP contribution in [0.2, 0.25) is 0 Å². The molecule has 1 amide bonds. The smallest absolute Gasteiger partial charge is 0.280 e. The van der Waals surface area contributed by atoms with Crippen LogP contribution in [0.1, 0.15) is 23.9 Å². The molecule has 0 saturated carbocycles. The first-order valence-electron chi connectivity index (χ1n) is 7.99. The zero-order valence-electron chi connectivity index (χ0n) is 15.1. The van der Waals surface area contributed by atoms with E-state index in [1.54, 1.807) is 17.9 Å². The van der Waals surface area contributed by atoms with Crippen molar-refractivity contribution >= 4 is 34.6 Å². The Morgan fingerprint density at radius 2 is 2.00 bits per heavy atom. The fourth-order valence-electron chi connectivity index (χ4n) is 2.45. The minimum Gasteiger partial charge on any atom is -0.492 e. The summed E-state index contributed by atoms with van der Waals surface area (Å²) in [6.45, 7) is 6.12. The molecule has 1 N–H and O–H groups in total. The number of amides is 1. The molecule has 0 bridgehead atoms. The second-order valence-corrected chi connectivity index (χ2v) is 6.69. The highest BCUT2D eigenvalue weighted by molar-refractivity contribution is 14.1. The molecule has 0 fully saturated rings. The second-order valence-electron chi connectivity index (χ2n) is 5.53. The standard InChI is InChI=1S/C19H20IN3O3/c1-5-26-17-10-14(9-16(20)18(17)25-4)8-15(11-21)19(24)22-23-12(2)6-7-13(23)3/h6-10H,5H2,1-4H3,(H,22,24)/b15-8-. The molecular formula is C19H20IN3O3. The summed E-state index contributed by atoms with van der Waals surface area (Å²) >= 11 is 2.13. The van der Waals surface area contributed by atoms with Gasteiger partial charge in [-0.15, -0.1) is 0 Å². The molecular weight excluding hydrogens is 445 g/mol. The van der Waals surface area contributed by atoms with Gasteiger partial charge in [-0.05, 0) is 79.3 Å². The molecule has 1 heterocycles. The molecule has 0 radical (unpaired) electrons. The number of aromatic nitrogens is 1. The van der Waals surface area contributed by atoms with Gasteiger partial charge in [0.2, 0.25) is 0 Å². The number of hydrogen-bond acceptors (Lipinski definition) is 4. The number of nitrogens with zero attached hydrogens (tertiary/aromatic N) is 2. The van der Waals surface area contributed by atoms with Gasteiger partial charge in [-0.25, -0.2) is 0 Å². The van der Waals surface area contributed by atoms with Crippen molar-refractivity contribution in [2.75, 3.05) is 19.1 Å². The summed E-state index contributed by atoms with van der Waals surface area (Å²) in [5, 5.41) is 9.42. The van der Waals surface area contributed by atoms with Crippen molar-refractivity contribution in [1.82, 2.24) is 4.68 Å². The molecule has 1 aromatic carbocycles. The van der Waals surface area contributed by atoms with Crippen LogP contribution in [0, 0.1) is 28.7 Å². The van der Waals surface area contributed by atoms with E-state index >= 15 is 0 Å². The van der Waals surface area contributed by atoms with Gasteiger partial charge in [0.15, 0.2) is 11.5 Å². The van der Waals surface area contributed by atoms with E-state index in [9.17, 15) is 10.1 Å². The monoisotopic (exact) mass is 465 g/mol. The molecule has 6 nitrogen and oxygen atoms in total. The van der Waals surface area contributed by atoms with E-state index in [1.807, 2.05) is 45.0 Å². The lowest BCUT2D eigenvalue weighted by Gasteiger charge is -2.13. The van der Waals surface area contributed by atoms with Gasteiger partial charge in [0.05, 0.1) is 17.3 Å². The Bertz CT molecular complexity index is 875. The van der Waals surface area contributed by atoms with Crippen molar-refractivity contribution in [2.24, 2.45) is 0 Å². The van der Waals surface area contributed by atoms with E-state index in [2.05, 4.69) is 28.0 Å². The average molecular weight is 465 g/mol. The van der Waals surface area contributed by atoms with Gasteiger partial charge in [0.25, 0.3) is 5.91 Å². The molecule has 2 aromatic rings. The Kier molecular flexibility index (Phi) is 6.69. The second kappa shape index (κ2) is 8.76. The Balaban J connectivity index is 2.36. The minimum absolute atomic E-state index is 0.000848. The normalized spacial score (nSPS) is 11.0. The number of rotatable bonds is 6. The molecule has 0 aliphatic carbocycles. The lowest BCUT2D eigenvalue weighted by molar-refractivity contribution is -0.113. The van der Waals surface area contributed by atoms with E-state index in [4.69, 9.17) is 9.47 Å². The van der Waals surface area contributed by atoms with E-state index in [1.165, 1.54) is 6.08 Å². The van der Waals surface area contributed by atoms with E-state index in [0.717, 1.165) is 15.0 Å². The highest BCUT2D eigenvalue weighted by Crippen LogP contribution is 2.34. The fraction of sp³-hybridized carbons (Fsp3) is 0.263. The van der Waals surface area contributed by atoms with Gasteiger partial charge in [0.1, 0.15) is 11.6 Å². The summed E-state index contributed by atoms with van der Waals surface area (Å²) < 4.78 is 13.4. The van der Waals surface area contributed by atoms with Gasteiger partial charge >= 0.3 is 0 Å². The molecule has 0 spiro atoms. The first kappa shape index (κ1) is 19.8. The number of nitrogens with one attached hydrogen (secondary N) is 1. The van der Waals surface area contributed by atoms with Crippen molar-refractivity contribution < 1.29 is 14.3 Å². The molecule has 0 saturated heterocycles. The molecule has 0 atom stereocenters. The fourth-order valence-corrected chi connectivity index (χ4v) is 3.30. The first-order chi connectivity index (χ1) is 12.4. The first-order valence-corrected chi connectivity index (χ1v) is 9.07. The number of methoxy groups -OCH3 is 1. The van der Waals surface area contributed by atoms with Crippen LogP contribution < -0.4 is 14.9 Å². The summed E-state index contributed by atoms with van der Waals surface area (Å²) in [6.07, 6.45) is 1.54. The number of carbonyl (C=O) groups excluding carboxylic acids is 1. The zero-order chi connectivity index (χ0) is 19.3. The van der Waals surface area contributed by atoms with Crippen LogP contribution in [-0.4, -0.2) is 24.3 Å². The van der Waals surface area contributed by atoms with Crippen molar-refractivity contribution in [3.63, 3.8) is 0 Å². The molecule has 7 heteroatoms. The third kappa shape index (κ3) is 4.38. The quantitative estimate of drug-likeness (QED) is 0.400. The van der Waals surface area contributed by atoms with Crippen LogP contribution in [0.25, 0.3) is 6.08 Å². The van der Waals surface area contributed by atoms with Crippen molar-refractivity contribution in [1.29, 1.82) is 5.26 Å². The van der Waals surface area contributed by atoms with Crippen LogP contribution in [0.3, 0.4) is 0 Å². The summed E-state index contributed by atoms with van der Waals surface area (Å²) in [5.74, 6) is 0.729. The third-order valence-electron chi connectivity index (χ3n) is 3.70. The summed E-state index contributed by atoms with van der Waals surface area (Å²) in [6, 6.07) is 9.33. The predicted molar refractivity (Wildman–Crippen MR) is 109 cm³/mol. The maximum absolute atomic E-state index is 12.5. The van der Waals surface area contributed by atoms with Gasteiger partial charge in [-0.2, -0.15) is 5.26 Å². The van der Waals surface area contributed by atoms with Crippen LogP contribution in [0.15, 0.2) is 29.8 Å². The summed E-state index contributed by atoms with van der Waals surface area (Å²) in [4.78, 5) is 12.5. The SMILES string of the molecule is CCOc1cc(/C=C(/C#N)C(=O)Nn2c(C)ccc2C)cc(I)c1OC. The molecule has 136 valence electrons. The number of halogens is 1. The Labute approximate surface area is 166 Å². The van der Waals surface area contributed by atoms with Gasteiger partial charge in [-0.1, -0.05) is 0 Å². The summed E-state index contributed by atoms with van der Waals surface area (Å²) in [5.41, 5.74) is 5.18. The lowest BCUT2D eigenvalue weighted by atomic mass is 10.1. The number of ether oxygens (including phenoxy) is 2. The number of benzene rings is 1. The topological polar surface area (TPSA) is 76.3 Å². The molecule has 0 aliphatic heterocycles. The van der Waals surface area contributed by atoms with Crippen LogP contribution in [-0.2, 0) is 4.79 Å². The van der Waals surface area contributed by atoms with Crippen LogP contribution in [0.4, 0.5) is 0 Å². The molecule has 0 unspecified atom stereocenters. The predicted octanol–water partition coefficient (Wildman–Crippen LogP) is 3.79. The largest absolute Gasteiger partial charge is 0.492 e.